The molecule has 4 amide bonds. The maximum atomic E-state index is 12.8. The lowest BCUT2D eigenvalue weighted by molar-refractivity contribution is -0.115. The van der Waals surface area contributed by atoms with Crippen molar-refractivity contribution in [1.29, 1.82) is 0 Å². The molecule has 0 radical (unpaired) electrons. The van der Waals surface area contributed by atoms with Gasteiger partial charge in [0.15, 0.2) is 0 Å². The van der Waals surface area contributed by atoms with E-state index in [1.807, 2.05) is 41.3 Å². The molecule has 2 aromatic rings. The smallest absolute Gasteiger partial charge is 0.321 e. The van der Waals surface area contributed by atoms with Crippen LogP contribution in [0, 0.1) is 0 Å². The van der Waals surface area contributed by atoms with E-state index in [0.717, 1.165) is 55.9 Å². The molecule has 194 valence electrons. The molecule has 1 aromatic heterocycles. The van der Waals surface area contributed by atoms with Gasteiger partial charge >= 0.3 is 6.03 Å². The lowest BCUT2D eigenvalue weighted by Gasteiger charge is -2.34. The fourth-order valence-electron chi connectivity index (χ4n) is 4.45. The Labute approximate surface area is 219 Å². The highest BCUT2D eigenvalue weighted by Gasteiger charge is 2.27. The Morgan fingerprint density at radius 1 is 0.973 bits per heavy atom. The second kappa shape index (κ2) is 11.2. The lowest BCUT2D eigenvalue weighted by atomic mass is 10.3. The highest BCUT2D eigenvalue weighted by molar-refractivity contribution is 8.18. The molecule has 3 saturated heterocycles. The molecule has 3 aliphatic heterocycles. The minimum atomic E-state index is -0.411. The fraction of sp³-hybridized carbons (Fsp3) is 0.400. The molecule has 0 spiro atoms. The first-order valence-electron chi connectivity index (χ1n) is 12.4. The Morgan fingerprint density at radius 2 is 1.73 bits per heavy atom. The summed E-state index contributed by atoms with van der Waals surface area (Å²) < 4.78 is 0. The van der Waals surface area contributed by atoms with Crippen LogP contribution in [0.25, 0.3) is 6.08 Å². The van der Waals surface area contributed by atoms with Gasteiger partial charge in [0.25, 0.3) is 11.1 Å². The standard InChI is InChI=1S/C25H30N8O3S/c1-30-10-12-31(13-11-30)21-17-19(16-20-22(34)29-25(36)37-20)26-23(28-21)32-8-5-9-33(15-14-32)24(35)27-18-6-3-2-4-7-18/h2-4,6-7,16-17H,5,8-15H2,1H3,(H,27,35)(H,29,34,36). The number of likely N-dealkylation sites (N-methyl/N-ethyl adjacent to an activating group) is 1. The quantitative estimate of drug-likeness (QED) is 0.584. The molecule has 0 aliphatic carbocycles. The van der Waals surface area contributed by atoms with Crippen LogP contribution < -0.4 is 20.4 Å². The zero-order valence-corrected chi connectivity index (χ0v) is 21.5. The summed E-state index contributed by atoms with van der Waals surface area (Å²) in [6.45, 7) is 5.97. The number of imide groups is 1. The number of hydrogen-bond donors (Lipinski definition) is 2. The number of benzene rings is 1. The number of aromatic nitrogens is 2. The number of hydrogen-bond acceptors (Lipinski definition) is 9. The van der Waals surface area contributed by atoms with Crippen LogP contribution in [0.3, 0.4) is 0 Å². The van der Waals surface area contributed by atoms with Gasteiger partial charge in [-0.05, 0) is 43.4 Å². The number of rotatable bonds is 4. The van der Waals surface area contributed by atoms with Gasteiger partial charge in [0, 0.05) is 64.1 Å². The second-order valence-corrected chi connectivity index (χ2v) is 10.2. The van der Waals surface area contributed by atoms with E-state index in [1.165, 1.54) is 0 Å². The Morgan fingerprint density at radius 3 is 2.46 bits per heavy atom. The van der Waals surface area contributed by atoms with Crippen molar-refractivity contribution in [2.45, 2.75) is 6.42 Å². The molecule has 12 heteroatoms. The van der Waals surface area contributed by atoms with Crippen molar-refractivity contribution < 1.29 is 14.4 Å². The largest absolute Gasteiger partial charge is 0.354 e. The van der Waals surface area contributed by atoms with Crippen LogP contribution >= 0.6 is 11.8 Å². The Hall–Kier alpha value is -3.64. The van der Waals surface area contributed by atoms with Gasteiger partial charge in [-0.15, -0.1) is 0 Å². The fourth-order valence-corrected chi connectivity index (χ4v) is 5.12. The van der Waals surface area contributed by atoms with Crippen molar-refractivity contribution in [2.24, 2.45) is 0 Å². The van der Waals surface area contributed by atoms with Crippen molar-refractivity contribution >= 4 is 52.5 Å². The number of nitrogens with zero attached hydrogens (tertiary/aromatic N) is 6. The van der Waals surface area contributed by atoms with E-state index < -0.39 is 5.91 Å². The maximum Gasteiger partial charge on any atom is 0.321 e. The third-order valence-electron chi connectivity index (χ3n) is 6.56. The summed E-state index contributed by atoms with van der Waals surface area (Å²) >= 11 is 0.875. The first kappa shape index (κ1) is 25.0. The molecule has 5 rings (SSSR count). The number of carbonyl (C=O) groups excluding carboxylic acids is 3. The second-order valence-electron chi connectivity index (χ2n) is 9.22. The molecule has 4 heterocycles. The van der Waals surface area contributed by atoms with E-state index in [-0.39, 0.29) is 11.3 Å². The normalized spacial score (nSPS) is 20.2. The van der Waals surface area contributed by atoms with E-state index in [2.05, 4.69) is 32.4 Å². The molecule has 3 aliphatic rings. The van der Waals surface area contributed by atoms with Gasteiger partial charge in [0.05, 0.1) is 10.6 Å². The van der Waals surface area contributed by atoms with E-state index in [4.69, 9.17) is 9.97 Å². The topological polar surface area (TPSA) is 114 Å². The molecule has 0 atom stereocenters. The predicted octanol–water partition coefficient (Wildman–Crippen LogP) is 2.30. The van der Waals surface area contributed by atoms with E-state index in [0.29, 0.717) is 42.7 Å². The number of nitrogens with one attached hydrogen (secondary N) is 2. The van der Waals surface area contributed by atoms with E-state index in [9.17, 15) is 14.4 Å². The van der Waals surface area contributed by atoms with Crippen LogP contribution in [0.15, 0.2) is 41.3 Å². The van der Waals surface area contributed by atoms with Crippen molar-refractivity contribution in [3.63, 3.8) is 0 Å². The first-order valence-corrected chi connectivity index (χ1v) is 13.2. The molecule has 0 bridgehead atoms. The third kappa shape index (κ3) is 6.20. The van der Waals surface area contributed by atoms with Crippen LogP contribution in [-0.4, -0.2) is 96.4 Å². The highest BCUT2D eigenvalue weighted by Crippen LogP contribution is 2.27. The molecule has 1 aromatic carbocycles. The van der Waals surface area contributed by atoms with Crippen LogP contribution in [0.1, 0.15) is 12.1 Å². The van der Waals surface area contributed by atoms with Crippen LogP contribution in [0.4, 0.5) is 27.0 Å². The number of amides is 4. The predicted molar refractivity (Wildman–Crippen MR) is 145 cm³/mol. The molecular formula is C25H30N8O3S. The van der Waals surface area contributed by atoms with Gasteiger partial charge in [0.2, 0.25) is 5.95 Å². The maximum absolute atomic E-state index is 12.8. The zero-order chi connectivity index (χ0) is 25.8. The zero-order valence-electron chi connectivity index (χ0n) is 20.7. The van der Waals surface area contributed by atoms with Gasteiger partial charge in [-0.3, -0.25) is 14.9 Å². The third-order valence-corrected chi connectivity index (χ3v) is 7.37. The van der Waals surface area contributed by atoms with Gasteiger partial charge < -0.3 is 24.9 Å². The molecule has 11 nitrogen and oxygen atoms in total. The Balaban J connectivity index is 1.36. The van der Waals surface area contributed by atoms with Crippen molar-refractivity contribution in [2.75, 3.05) is 74.5 Å². The summed E-state index contributed by atoms with van der Waals surface area (Å²) in [7, 11) is 2.10. The van der Waals surface area contributed by atoms with Crippen LogP contribution in [0.2, 0.25) is 0 Å². The number of carbonyl (C=O) groups is 3. The monoisotopic (exact) mass is 522 g/mol. The number of piperazine rings is 1. The molecule has 2 N–H and O–H groups in total. The number of thioether (sulfide) groups is 1. The first-order chi connectivity index (χ1) is 17.9. The van der Waals surface area contributed by atoms with Gasteiger partial charge in [0.1, 0.15) is 5.82 Å². The SMILES string of the molecule is CN1CCN(c2cc(C=C3SC(=O)NC3=O)nc(N3CCCN(C(=O)Nc4ccccc4)CC3)n2)CC1. The molecule has 0 saturated carbocycles. The average Bonchev–Trinajstić information content (AvgIpc) is 3.07. The lowest BCUT2D eigenvalue weighted by Crippen LogP contribution is -2.45. The summed E-state index contributed by atoms with van der Waals surface area (Å²) in [5.41, 5.74) is 1.34. The summed E-state index contributed by atoms with van der Waals surface area (Å²) in [5.74, 6) is 0.942. The van der Waals surface area contributed by atoms with E-state index >= 15 is 0 Å². The number of para-hydroxylation sites is 1. The molecule has 0 unspecified atom stereocenters. The highest BCUT2D eigenvalue weighted by atomic mass is 32.2. The van der Waals surface area contributed by atoms with Gasteiger partial charge in [-0.2, -0.15) is 4.98 Å². The van der Waals surface area contributed by atoms with Crippen molar-refractivity contribution in [3.8, 4) is 0 Å². The summed E-state index contributed by atoms with van der Waals surface area (Å²) in [6.07, 6.45) is 2.42. The van der Waals surface area contributed by atoms with Crippen molar-refractivity contribution in [1.82, 2.24) is 25.1 Å². The minimum Gasteiger partial charge on any atom is -0.354 e. The Bertz CT molecular complexity index is 1200. The van der Waals surface area contributed by atoms with Gasteiger partial charge in [-0.25, -0.2) is 9.78 Å². The summed E-state index contributed by atoms with van der Waals surface area (Å²) in [4.78, 5) is 55.0. The van der Waals surface area contributed by atoms with Crippen LogP contribution in [0.5, 0.6) is 0 Å². The number of urea groups is 1. The summed E-state index contributed by atoms with van der Waals surface area (Å²) in [5, 5.41) is 4.87. The molecule has 37 heavy (non-hydrogen) atoms. The molecular weight excluding hydrogens is 492 g/mol. The molecule has 3 fully saturated rings. The minimum absolute atomic E-state index is 0.125. The summed E-state index contributed by atoms with van der Waals surface area (Å²) in [6, 6.07) is 11.2. The average molecular weight is 523 g/mol. The Kier molecular flexibility index (Phi) is 7.56. The van der Waals surface area contributed by atoms with E-state index in [1.54, 1.807) is 6.08 Å². The van der Waals surface area contributed by atoms with Crippen LogP contribution in [-0.2, 0) is 4.79 Å². The number of anilines is 3. The van der Waals surface area contributed by atoms with Crippen molar-refractivity contribution in [3.05, 3.63) is 47.0 Å². The van der Waals surface area contributed by atoms with Gasteiger partial charge in [-0.1, -0.05) is 18.2 Å².